The van der Waals surface area contributed by atoms with E-state index in [0.717, 1.165) is 12.0 Å². The van der Waals surface area contributed by atoms with Gasteiger partial charge in [0.25, 0.3) is 5.69 Å². The Morgan fingerprint density at radius 3 is 2.79 bits per heavy atom. The molecule has 0 N–H and O–H groups in total. The lowest BCUT2D eigenvalue weighted by molar-refractivity contribution is -0.384. The largest absolute Gasteiger partial charge is 0.269 e. The first-order valence-electron chi connectivity index (χ1n) is 4.46. The third-order valence-corrected chi connectivity index (χ3v) is 1.87. The van der Waals surface area contributed by atoms with E-state index in [1.165, 1.54) is 11.6 Å². The van der Waals surface area contributed by atoms with Crippen molar-refractivity contribution in [2.45, 2.75) is 20.3 Å². The first-order chi connectivity index (χ1) is 6.59. The van der Waals surface area contributed by atoms with Gasteiger partial charge in [-0.25, -0.2) is 0 Å². The van der Waals surface area contributed by atoms with Crippen LogP contribution in [0.15, 0.2) is 35.9 Å². The highest BCUT2D eigenvalue weighted by atomic mass is 16.6. The maximum absolute atomic E-state index is 10.5. The molecule has 1 aromatic carbocycles. The molecule has 14 heavy (non-hydrogen) atoms. The van der Waals surface area contributed by atoms with Gasteiger partial charge in [0, 0.05) is 12.1 Å². The number of hydrogen-bond donors (Lipinski definition) is 0. The van der Waals surface area contributed by atoms with Gasteiger partial charge in [-0.3, -0.25) is 10.1 Å². The van der Waals surface area contributed by atoms with Crippen molar-refractivity contribution in [1.29, 1.82) is 0 Å². The Morgan fingerprint density at radius 1 is 1.50 bits per heavy atom. The smallest absolute Gasteiger partial charge is 0.258 e. The summed E-state index contributed by atoms with van der Waals surface area (Å²) in [6.07, 6.45) is 2.81. The van der Waals surface area contributed by atoms with Crippen LogP contribution in [0, 0.1) is 10.1 Å². The lowest BCUT2D eigenvalue weighted by atomic mass is 10.1. The Morgan fingerprint density at radius 2 is 2.21 bits per heavy atom. The van der Waals surface area contributed by atoms with Crippen LogP contribution in [0.4, 0.5) is 5.69 Å². The van der Waals surface area contributed by atoms with Crippen LogP contribution >= 0.6 is 0 Å². The van der Waals surface area contributed by atoms with Crippen LogP contribution in [0.5, 0.6) is 0 Å². The second kappa shape index (κ2) is 4.56. The zero-order chi connectivity index (χ0) is 10.6. The van der Waals surface area contributed by atoms with Crippen molar-refractivity contribution in [1.82, 2.24) is 0 Å². The van der Waals surface area contributed by atoms with Crippen LogP contribution in [-0.2, 0) is 6.42 Å². The Kier molecular flexibility index (Phi) is 3.40. The number of benzene rings is 1. The van der Waals surface area contributed by atoms with Gasteiger partial charge in [-0.1, -0.05) is 23.8 Å². The number of nitro groups is 1. The summed E-state index contributed by atoms with van der Waals surface area (Å²) in [5.74, 6) is 0. The molecule has 0 atom stereocenters. The molecule has 0 amide bonds. The lowest BCUT2D eigenvalue weighted by Crippen LogP contribution is -1.89. The Labute approximate surface area is 83.2 Å². The minimum absolute atomic E-state index is 0.157. The second-order valence-corrected chi connectivity index (χ2v) is 3.41. The summed E-state index contributed by atoms with van der Waals surface area (Å²) >= 11 is 0. The summed E-state index contributed by atoms with van der Waals surface area (Å²) in [5.41, 5.74) is 2.35. The Hall–Kier alpha value is -1.64. The number of nitro benzene ring substituents is 1. The zero-order valence-corrected chi connectivity index (χ0v) is 8.36. The molecule has 0 bridgehead atoms. The van der Waals surface area contributed by atoms with Crippen LogP contribution < -0.4 is 0 Å². The summed E-state index contributed by atoms with van der Waals surface area (Å²) in [5, 5.41) is 10.5. The average Bonchev–Trinajstić information content (AvgIpc) is 2.15. The molecule has 0 radical (unpaired) electrons. The molecule has 0 aliphatic carbocycles. The molecule has 3 heteroatoms. The van der Waals surface area contributed by atoms with E-state index in [4.69, 9.17) is 0 Å². The van der Waals surface area contributed by atoms with E-state index in [1.54, 1.807) is 12.1 Å². The topological polar surface area (TPSA) is 43.1 Å². The highest BCUT2D eigenvalue weighted by molar-refractivity contribution is 5.35. The van der Waals surface area contributed by atoms with Crippen molar-refractivity contribution >= 4 is 5.69 Å². The summed E-state index contributed by atoms with van der Waals surface area (Å²) in [6, 6.07) is 6.73. The van der Waals surface area contributed by atoms with E-state index in [2.05, 4.69) is 6.08 Å². The van der Waals surface area contributed by atoms with Gasteiger partial charge < -0.3 is 0 Å². The summed E-state index contributed by atoms with van der Waals surface area (Å²) in [4.78, 5) is 10.1. The second-order valence-electron chi connectivity index (χ2n) is 3.41. The first kappa shape index (κ1) is 10.4. The van der Waals surface area contributed by atoms with E-state index in [1.807, 2.05) is 19.9 Å². The normalized spacial score (nSPS) is 9.57. The predicted molar refractivity (Wildman–Crippen MR) is 56.2 cm³/mol. The van der Waals surface area contributed by atoms with Gasteiger partial charge in [0.15, 0.2) is 0 Å². The van der Waals surface area contributed by atoms with Crippen LogP contribution in [0.25, 0.3) is 0 Å². The van der Waals surface area contributed by atoms with E-state index in [-0.39, 0.29) is 10.6 Å². The average molecular weight is 191 g/mol. The minimum Gasteiger partial charge on any atom is -0.258 e. The van der Waals surface area contributed by atoms with Crippen molar-refractivity contribution in [3.05, 3.63) is 51.6 Å². The molecule has 0 spiro atoms. The van der Waals surface area contributed by atoms with Crippen molar-refractivity contribution in [2.24, 2.45) is 0 Å². The fourth-order valence-corrected chi connectivity index (χ4v) is 1.12. The molecule has 0 heterocycles. The highest BCUT2D eigenvalue weighted by Gasteiger charge is 2.03. The molecule has 0 saturated heterocycles. The zero-order valence-electron chi connectivity index (χ0n) is 8.36. The van der Waals surface area contributed by atoms with Gasteiger partial charge in [-0.15, -0.1) is 0 Å². The quantitative estimate of drug-likeness (QED) is 0.418. The molecule has 0 aliphatic heterocycles. The van der Waals surface area contributed by atoms with Gasteiger partial charge in [-0.05, 0) is 25.8 Å². The number of non-ortho nitro benzene ring substituents is 1. The molecule has 3 nitrogen and oxygen atoms in total. The fourth-order valence-electron chi connectivity index (χ4n) is 1.12. The van der Waals surface area contributed by atoms with Crippen LogP contribution in [0.1, 0.15) is 19.4 Å². The standard InChI is InChI=1S/C11H13NO2/c1-9(2)6-7-10-4-3-5-11(8-10)12(13)14/h3-6,8H,7H2,1-2H3. The molecule has 74 valence electrons. The van der Waals surface area contributed by atoms with Crippen molar-refractivity contribution in [2.75, 3.05) is 0 Å². The maximum atomic E-state index is 10.5. The minimum atomic E-state index is -0.369. The molecule has 0 aliphatic rings. The third kappa shape index (κ3) is 3.01. The molecule has 0 saturated carbocycles. The number of nitrogens with zero attached hydrogens (tertiary/aromatic N) is 1. The number of hydrogen-bond acceptors (Lipinski definition) is 2. The predicted octanol–water partition coefficient (Wildman–Crippen LogP) is 3.10. The Bertz CT molecular complexity index is 365. The Balaban J connectivity index is 2.84. The molecule has 0 fully saturated rings. The number of allylic oxidation sites excluding steroid dienone is 2. The van der Waals surface area contributed by atoms with Gasteiger partial charge >= 0.3 is 0 Å². The first-order valence-corrected chi connectivity index (χ1v) is 4.46. The fraction of sp³-hybridized carbons (Fsp3) is 0.273. The van der Waals surface area contributed by atoms with Gasteiger partial charge in [0.1, 0.15) is 0 Å². The summed E-state index contributed by atoms with van der Waals surface area (Å²) in [7, 11) is 0. The summed E-state index contributed by atoms with van der Waals surface area (Å²) in [6.45, 7) is 4.02. The van der Waals surface area contributed by atoms with Crippen LogP contribution in [-0.4, -0.2) is 4.92 Å². The highest BCUT2D eigenvalue weighted by Crippen LogP contribution is 2.14. The van der Waals surface area contributed by atoms with E-state index in [9.17, 15) is 10.1 Å². The van der Waals surface area contributed by atoms with E-state index in [0.29, 0.717) is 0 Å². The molecule has 0 unspecified atom stereocenters. The van der Waals surface area contributed by atoms with Gasteiger partial charge in [0.05, 0.1) is 4.92 Å². The monoisotopic (exact) mass is 191 g/mol. The summed E-state index contributed by atoms with van der Waals surface area (Å²) < 4.78 is 0. The molecule has 1 aromatic rings. The van der Waals surface area contributed by atoms with Gasteiger partial charge in [0.2, 0.25) is 0 Å². The van der Waals surface area contributed by atoms with Gasteiger partial charge in [-0.2, -0.15) is 0 Å². The lowest BCUT2D eigenvalue weighted by Gasteiger charge is -1.97. The molecule has 0 aromatic heterocycles. The van der Waals surface area contributed by atoms with Crippen LogP contribution in [0.3, 0.4) is 0 Å². The molecular weight excluding hydrogens is 178 g/mol. The molecule has 1 rings (SSSR count). The maximum Gasteiger partial charge on any atom is 0.269 e. The van der Waals surface area contributed by atoms with E-state index < -0.39 is 0 Å². The SMILES string of the molecule is CC(C)=CCc1cccc([N+](=O)[O-])c1. The van der Waals surface area contributed by atoms with Crippen molar-refractivity contribution in [3.8, 4) is 0 Å². The van der Waals surface area contributed by atoms with Crippen molar-refractivity contribution in [3.63, 3.8) is 0 Å². The van der Waals surface area contributed by atoms with Crippen LogP contribution in [0.2, 0.25) is 0 Å². The van der Waals surface area contributed by atoms with E-state index >= 15 is 0 Å². The number of rotatable bonds is 3. The third-order valence-electron chi connectivity index (χ3n) is 1.87. The van der Waals surface area contributed by atoms with Crippen molar-refractivity contribution < 1.29 is 4.92 Å². The molecular formula is C11H13NO2.